The van der Waals surface area contributed by atoms with Gasteiger partial charge in [-0.15, -0.1) is 0 Å². The molecule has 4 heteroatoms. The molecule has 3 rings (SSSR count). The van der Waals surface area contributed by atoms with Crippen molar-refractivity contribution >= 4 is 0 Å². The van der Waals surface area contributed by atoms with Gasteiger partial charge in [-0.25, -0.2) is 0 Å². The van der Waals surface area contributed by atoms with Crippen LogP contribution in [0.25, 0.3) is 0 Å². The summed E-state index contributed by atoms with van der Waals surface area (Å²) in [6, 6.07) is 0. The van der Waals surface area contributed by atoms with Gasteiger partial charge in [0.05, 0.1) is 0 Å². The molecule has 3 fully saturated rings. The lowest BCUT2D eigenvalue weighted by Crippen LogP contribution is -2.61. The lowest BCUT2D eigenvalue weighted by molar-refractivity contribution is -0.679. The molecule has 0 radical (unpaired) electrons. The van der Waals surface area contributed by atoms with E-state index in [0.717, 1.165) is 25.7 Å². The zero-order valence-corrected chi connectivity index (χ0v) is 16.3. The van der Waals surface area contributed by atoms with Crippen molar-refractivity contribution in [2.24, 2.45) is 35.5 Å². The van der Waals surface area contributed by atoms with Gasteiger partial charge in [-0.2, -0.15) is 19.6 Å². The SMILES string of the molecule is CC(C)[C@@H]1CC[C@@H](C)CC12OOC1(C[C@H](C)CC[C@H]1C(C)C)OO2. The second-order valence-electron chi connectivity index (χ2n) is 9.43. The van der Waals surface area contributed by atoms with Crippen molar-refractivity contribution in [1.29, 1.82) is 0 Å². The number of rotatable bonds is 2. The molecule has 4 nitrogen and oxygen atoms in total. The van der Waals surface area contributed by atoms with Gasteiger partial charge in [-0.05, 0) is 36.5 Å². The topological polar surface area (TPSA) is 36.9 Å². The van der Waals surface area contributed by atoms with Gasteiger partial charge in [-0.3, -0.25) is 0 Å². The smallest absolute Gasteiger partial charge is 0.195 e. The first-order chi connectivity index (χ1) is 11.3. The summed E-state index contributed by atoms with van der Waals surface area (Å²) in [6.45, 7) is 13.5. The van der Waals surface area contributed by atoms with Gasteiger partial charge in [0, 0.05) is 24.7 Å². The summed E-state index contributed by atoms with van der Waals surface area (Å²) in [4.78, 5) is 24.5. The van der Waals surface area contributed by atoms with Crippen molar-refractivity contribution in [3.05, 3.63) is 0 Å². The highest BCUT2D eigenvalue weighted by molar-refractivity contribution is 4.92. The zero-order valence-electron chi connectivity index (χ0n) is 16.3. The van der Waals surface area contributed by atoms with E-state index in [-0.39, 0.29) is 0 Å². The fourth-order valence-electron chi connectivity index (χ4n) is 5.22. The Morgan fingerprint density at radius 1 is 0.625 bits per heavy atom. The molecule has 2 aliphatic carbocycles. The van der Waals surface area contributed by atoms with E-state index >= 15 is 0 Å². The molecule has 0 aromatic rings. The van der Waals surface area contributed by atoms with E-state index in [0.29, 0.717) is 35.5 Å². The monoisotopic (exact) mass is 340 g/mol. The molecule has 1 saturated heterocycles. The summed E-state index contributed by atoms with van der Waals surface area (Å²) in [5.41, 5.74) is 0. The van der Waals surface area contributed by atoms with Gasteiger partial charge in [0.25, 0.3) is 0 Å². The molecule has 0 unspecified atom stereocenters. The average molecular weight is 341 g/mol. The Hall–Kier alpha value is -0.160. The minimum Gasteiger partial charge on any atom is -0.195 e. The maximum atomic E-state index is 6.13. The van der Waals surface area contributed by atoms with Gasteiger partial charge in [-0.1, -0.05) is 54.4 Å². The molecule has 24 heavy (non-hydrogen) atoms. The molecule has 3 aliphatic rings. The second kappa shape index (κ2) is 6.86. The van der Waals surface area contributed by atoms with Gasteiger partial charge < -0.3 is 0 Å². The first-order valence-corrected chi connectivity index (χ1v) is 10.0. The third-order valence-corrected chi connectivity index (χ3v) is 6.59. The molecule has 4 atom stereocenters. The molecule has 2 spiro atoms. The fraction of sp³-hybridized carbons (Fsp3) is 1.00. The van der Waals surface area contributed by atoms with E-state index in [1.165, 1.54) is 12.8 Å². The highest BCUT2D eigenvalue weighted by Gasteiger charge is 2.59. The van der Waals surface area contributed by atoms with Gasteiger partial charge in [0.1, 0.15) is 0 Å². The largest absolute Gasteiger partial charge is 0.237 e. The maximum Gasteiger partial charge on any atom is 0.237 e. The van der Waals surface area contributed by atoms with Crippen LogP contribution in [0.3, 0.4) is 0 Å². The number of hydrogen-bond donors (Lipinski definition) is 0. The quantitative estimate of drug-likeness (QED) is 0.624. The third-order valence-electron chi connectivity index (χ3n) is 6.59. The van der Waals surface area contributed by atoms with Crippen molar-refractivity contribution in [3.8, 4) is 0 Å². The molecule has 0 amide bonds. The van der Waals surface area contributed by atoms with E-state index < -0.39 is 11.6 Å². The summed E-state index contributed by atoms with van der Waals surface area (Å²) >= 11 is 0. The normalized spacial score (nSPS) is 47.0. The summed E-state index contributed by atoms with van der Waals surface area (Å²) < 4.78 is 0. The standard InChI is InChI=1S/C20H36O4/c1-13(2)17-9-7-15(5)11-19(17)21-23-20(24-22-19)12-16(6)8-10-18(20)14(3)4/h13-18H,7-12H2,1-6H3/t15-,16-,17+,18+,19?,20?/m1/s1. The molecule has 0 N–H and O–H groups in total. The molecule has 2 saturated carbocycles. The number of hydrogen-bond acceptors (Lipinski definition) is 4. The van der Waals surface area contributed by atoms with Crippen LogP contribution >= 0.6 is 0 Å². The van der Waals surface area contributed by atoms with Gasteiger partial charge in [0.2, 0.25) is 11.6 Å². The van der Waals surface area contributed by atoms with Crippen molar-refractivity contribution in [2.45, 2.75) is 91.6 Å². The lowest BCUT2D eigenvalue weighted by atomic mass is 9.72. The van der Waals surface area contributed by atoms with Gasteiger partial charge >= 0.3 is 0 Å². The molecular formula is C20H36O4. The lowest BCUT2D eigenvalue weighted by Gasteiger charge is -2.54. The Bertz CT molecular complexity index is 385. The molecular weight excluding hydrogens is 304 g/mol. The average Bonchev–Trinajstić information content (AvgIpc) is 2.50. The van der Waals surface area contributed by atoms with Crippen LogP contribution in [0.1, 0.15) is 80.1 Å². The molecule has 0 aromatic heterocycles. The molecule has 1 heterocycles. The first-order valence-electron chi connectivity index (χ1n) is 10.0. The Morgan fingerprint density at radius 3 is 1.25 bits per heavy atom. The Balaban J connectivity index is 1.79. The second-order valence-corrected chi connectivity index (χ2v) is 9.43. The predicted molar refractivity (Wildman–Crippen MR) is 92.5 cm³/mol. The molecule has 0 bridgehead atoms. The summed E-state index contributed by atoms with van der Waals surface area (Å²) in [6.07, 6.45) is 6.31. The van der Waals surface area contributed by atoms with Gasteiger partial charge in [0.15, 0.2) is 0 Å². The third kappa shape index (κ3) is 3.27. The Morgan fingerprint density at radius 2 is 0.958 bits per heavy atom. The van der Waals surface area contributed by atoms with Crippen LogP contribution in [0.5, 0.6) is 0 Å². The Kier molecular flexibility index (Phi) is 5.33. The summed E-state index contributed by atoms with van der Waals surface area (Å²) in [5, 5.41) is 0. The fourth-order valence-corrected chi connectivity index (χ4v) is 5.22. The predicted octanol–water partition coefficient (Wildman–Crippen LogP) is 5.47. The van der Waals surface area contributed by atoms with Crippen LogP contribution in [0.15, 0.2) is 0 Å². The van der Waals surface area contributed by atoms with E-state index in [4.69, 9.17) is 19.6 Å². The van der Waals surface area contributed by atoms with Crippen molar-refractivity contribution in [1.82, 2.24) is 0 Å². The van der Waals surface area contributed by atoms with E-state index in [9.17, 15) is 0 Å². The van der Waals surface area contributed by atoms with Crippen molar-refractivity contribution in [2.75, 3.05) is 0 Å². The van der Waals surface area contributed by atoms with E-state index in [1.807, 2.05) is 0 Å². The van der Waals surface area contributed by atoms with Crippen LogP contribution in [0, 0.1) is 35.5 Å². The zero-order chi connectivity index (χ0) is 17.5. The van der Waals surface area contributed by atoms with E-state index in [2.05, 4.69) is 41.5 Å². The van der Waals surface area contributed by atoms with Crippen LogP contribution in [-0.4, -0.2) is 11.6 Å². The molecule has 0 aromatic carbocycles. The minimum absolute atomic E-state index is 0.310. The first kappa shape index (κ1) is 18.6. The highest BCUT2D eigenvalue weighted by atomic mass is 17.4. The summed E-state index contributed by atoms with van der Waals surface area (Å²) in [5.74, 6) is 1.22. The van der Waals surface area contributed by atoms with Crippen molar-refractivity contribution < 1.29 is 19.6 Å². The Labute approximate surface area is 147 Å². The molecule has 140 valence electrons. The van der Waals surface area contributed by atoms with Crippen LogP contribution < -0.4 is 0 Å². The molecule has 1 aliphatic heterocycles. The van der Waals surface area contributed by atoms with Crippen LogP contribution in [-0.2, 0) is 19.6 Å². The van der Waals surface area contributed by atoms with Crippen molar-refractivity contribution in [3.63, 3.8) is 0 Å². The minimum atomic E-state index is -0.737. The highest BCUT2D eigenvalue weighted by Crippen LogP contribution is 2.52. The van der Waals surface area contributed by atoms with Crippen LogP contribution in [0.4, 0.5) is 0 Å². The summed E-state index contributed by atoms with van der Waals surface area (Å²) in [7, 11) is 0. The van der Waals surface area contributed by atoms with E-state index in [1.54, 1.807) is 0 Å². The maximum absolute atomic E-state index is 6.13. The van der Waals surface area contributed by atoms with Crippen LogP contribution in [0.2, 0.25) is 0 Å².